The number of hydrogen-bond donors (Lipinski definition) is 1. The summed E-state index contributed by atoms with van der Waals surface area (Å²) in [5.74, 6) is -1.08. The highest BCUT2D eigenvalue weighted by atomic mass is 79.9. The summed E-state index contributed by atoms with van der Waals surface area (Å²) < 4.78 is 51.8. The lowest BCUT2D eigenvalue weighted by molar-refractivity contribution is -0.164. The lowest BCUT2D eigenvalue weighted by atomic mass is 10.1. The summed E-state index contributed by atoms with van der Waals surface area (Å²) in [5, 5.41) is 13.0. The third-order valence-corrected chi connectivity index (χ3v) is 3.45. The summed E-state index contributed by atoms with van der Waals surface area (Å²) in [6, 6.07) is 5.55. The first kappa shape index (κ1) is 15.9. The predicted molar refractivity (Wildman–Crippen MR) is 69.3 cm³/mol. The minimum Gasteiger partial charge on any atom is -0.364 e. The molecule has 114 valence electrons. The zero-order chi connectivity index (χ0) is 15.8. The Morgan fingerprint density at radius 1 is 1.29 bits per heavy atom. The fraction of sp³-hybridized carbons (Fsp3) is 0.333. The van der Waals surface area contributed by atoms with E-state index in [0.717, 1.165) is 0 Å². The molecule has 0 aliphatic carbocycles. The van der Waals surface area contributed by atoms with E-state index in [-0.39, 0.29) is 10.6 Å². The normalized spacial score (nSPS) is 22.1. The average molecular weight is 369 g/mol. The highest BCUT2D eigenvalue weighted by Crippen LogP contribution is 2.34. The number of halogens is 5. The maximum Gasteiger partial charge on any atom is 0.287 e. The molecule has 21 heavy (non-hydrogen) atoms. The lowest BCUT2D eigenvalue weighted by Gasteiger charge is -2.29. The van der Waals surface area contributed by atoms with Gasteiger partial charge in [0.15, 0.2) is 0 Å². The zero-order valence-electron chi connectivity index (χ0n) is 10.3. The molecule has 1 aromatic carbocycles. The van der Waals surface area contributed by atoms with Crippen LogP contribution in [-0.4, -0.2) is 40.3 Å². The molecule has 4 nitrogen and oxygen atoms in total. The Morgan fingerprint density at radius 3 is 2.33 bits per heavy atom. The highest BCUT2D eigenvalue weighted by Gasteiger charge is 2.53. The van der Waals surface area contributed by atoms with E-state index in [1.54, 1.807) is 0 Å². The second-order valence-electron chi connectivity index (χ2n) is 4.37. The monoisotopic (exact) mass is 368 g/mol. The molecule has 0 radical (unpaired) electrons. The van der Waals surface area contributed by atoms with E-state index in [1.807, 2.05) is 0 Å². The fourth-order valence-corrected chi connectivity index (χ4v) is 2.08. The Bertz CT molecular complexity index is 579. The van der Waals surface area contributed by atoms with Crippen LogP contribution in [0, 0.1) is 0 Å². The van der Waals surface area contributed by atoms with Gasteiger partial charge in [-0.2, -0.15) is 10.1 Å². The van der Waals surface area contributed by atoms with E-state index in [2.05, 4.69) is 21.0 Å². The van der Waals surface area contributed by atoms with Gasteiger partial charge in [-0.05, 0) is 24.3 Å². The van der Waals surface area contributed by atoms with Gasteiger partial charge in [0.25, 0.3) is 18.8 Å². The van der Waals surface area contributed by atoms with Gasteiger partial charge < -0.3 is 5.11 Å². The molecule has 1 aliphatic rings. The van der Waals surface area contributed by atoms with E-state index in [0.29, 0.717) is 4.47 Å². The van der Waals surface area contributed by atoms with Gasteiger partial charge in [-0.3, -0.25) is 4.79 Å². The molecular weight excluding hydrogens is 360 g/mol. The third kappa shape index (κ3) is 2.93. The zero-order valence-corrected chi connectivity index (χ0v) is 11.9. The molecule has 1 atom stereocenters. The quantitative estimate of drug-likeness (QED) is 0.834. The Morgan fingerprint density at radius 2 is 1.86 bits per heavy atom. The Balaban J connectivity index is 2.38. The number of carbonyl (C=O) groups is 1. The summed E-state index contributed by atoms with van der Waals surface area (Å²) in [6.07, 6.45) is -7.65. The van der Waals surface area contributed by atoms with Crippen molar-refractivity contribution in [3.05, 3.63) is 34.3 Å². The van der Waals surface area contributed by atoms with Gasteiger partial charge in [-0.1, -0.05) is 15.9 Å². The summed E-state index contributed by atoms with van der Waals surface area (Å²) in [5.41, 5.74) is -4.07. The molecule has 1 amide bonds. The van der Waals surface area contributed by atoms with Crippen LogP contribution in [0.3, 0.4) is 0 Å². The lowest BCUT2D eigenvalue weighted by Crippen LogP contribution is -2.51. The number of hydrogen-bond acceptors (Lipinski definition) is 3. The van der Waals surface area contributed by atoms with Gasteiger partial charge >= 0.3 is 0 Å². The SMILES string of the molecule is O=C(c1ccc(Br)cc1)N1N=C(C(F)F)CC1(O)C(F)F. The van der Waals surface area contributed by atoms with Crippen LogP contribution < -0.4 is 0 Å². The van der Waals surface area contributed by atoms with Crippen LogP contribution in [0.15, 0.2) is 33.8 Å². The summed E-state index contributed by atoms with van der Waals surface area (Å²) in [4.78, 5) is 12.1. The van der Waals surface area contributed by atoms with Crippen LogP contribution in [-0.2, 0) is 0 Å². The van der Waals surface area contributed by atoms with Crippen molar-refractivity contribution < 1.29 is 27.5 Å². The van der Waals surface area contributed by atoms with Gasteiger partial charge in [0.05, 0.1) is 0 Å². The Hall–Kier alpha value is -1.48. The number of carbonyl (C=O) groups excluding carboxylic acids is 1. The van der Waals surface area contributed by atoms with E-state index in [9.17, 15) is 27.5 Å². The van der Waals surface area contributed by atoms with Crippen LogP contribution in [0.2, 0.25) is 0 Å². The summed E-state index contributed by atoms with van der Waals surface area (Å²) in [6.45, 7) is 0. The Kier molecular flexibility index (Phi) is 4.33. The molecule has 0 aromatic heterocycles. The second kappa shape index (κ2) is 5.72. The molecule has 2 rings (SSSR count). The first-order chi connectivity index (χ1) is 9.75. The van der Waals surface area contributed by atoms with Crippen molar-refractivity contribution in [2.24, 2.45) is 5.10 Å². The minimum absolute atomic E-state index is 0.0302. The van der Waals surface area contributed by atoms with Gasteiger partial charge in [0, 0.05) is 16.5 Å². The predicted octanol–water partition coefficient (Wildman–Crippen LogP) is 2.87. The van der Waals surface area contributed by atoms with Crippen LogP contribution in [0.1, 0.15) is 16.8 Å². The van der Waals surface area contributed by atoms with Crippen molar-refractivity contribution in [2.45, 2.75) is 25.0 Å². The van der Waals surface area contributed by atoms with E-state index >= 15 is 0 Å². The van der Waals surface area contributed by atoms with Crippen molar-refractivity contribution >= 4 is 27.5 Å². The van der Waals surface area contributed by atoms with Crippen molar-refractivity contribution in [1.82, 2.24) is 5.01 Å². The molecule has 9 heteroatoms. The number of nitrogens with zero attached hydrogens (tertiary/aromatic N) is 2. The largest absolute Gasteiger partial charge is 0.364 e. The third-order valence-electron chi connectivity index (χ3n) is 2.92. The number of rotatable bonds is 3. The first-order valence-corrected chi connectivity index (χ1v) is 6.51. The molecule has 1 heterocycles. The maximum absolute atomic E-state index is 13.0. The van der Waals surface area contributed by atoms with Gasteiger partial charge in [0.2, 0.25) is 5.72 Å². The van der Waals surface area contributed by atoms with Crippen molar-refractivity contribution in [3.63, 3.8) is 0 Å². The van der Waals surface area contributed by atoms with Gasteiger partial charge in [-0.15, -0.1) is 0 Å². The van der Waals surface area contributed by atoms with Crippen LogP contribution >= 0.6 is 15.9 Å². The van der Waals surface area contributed by atoms with Gasteiger partial charge in [0.1, 0.15) is 5.71 Å². The van der Waals surface area contributed by atoms with Gasteiger partial charge in [-0.25, -0.2) is 17.6 Å². The molecule has 0 saturated carbocycles. The van der Waals surface area contributed by atoms with E-state index < -0.39 is 36.6 Å². The second-order valence-corrected chi connectivity index (χ2v) is 5.29. The first-order valence-electron chi connectivity index (χ1n) is 5.72. The van der Waals surface area contributed by atoms with Crippen molar-refractivity contribution in [3.8, 4) is 0 Å². The van der Waals surface area contributed by atoms with Crippen LogP contribution in [0.4, 0.5) is 17.6 Å². The van der Waals surface area contributed by atoms with E-state index in [4.69, 9.17) is 0 Å². The Labute approximate surface area is 125 Å². The van der Waals surface area contributed by atoms with Crippen LogP contribution in [0.25, 0.3) is 0 Å². The standard InChI is InChI=1S/C12H9BrF4N2O2/c13-7-3-1-6(2-4-7)10(20)19-12(21,11(16)17)5-8(18-19)9(14)15/h1-4,9,11,21H,5H2. The molecular formula is C12H9BrF4N2O2. The smallest absolute Gasteiger partial charge is 0.287 e. The van der Waals surface area contributed by atoms with E-state index in [1.165, 1.54) is 24.3 Å². The molecule has 1 N–H and O–H groups in total. The molecule has 1 aromatic rings. The molecule has 0 saturated heterocycles. The summed E-state index contributed by atoms with van der Waals surface area (Å²) in [7, 11) is 0. The minimum atomic E-state index is -3.43. The number of alkyl halides is 4. The fourth-order valence-electron chi connectivity index (χ4n) is 1.82. The number of amides is 1. The molecule has 1 unspecified atom stereocenters. The molecule has 0 bridgehead atoms. The molecule has 0 fully saturated rings. The average Bonchev–Trinajstić information content (AvgIpc) is 2.78. The van der Waals surface area contributed by atoms with Crippen molar-refractivity contribution in [1.29, 1.82) is 0 Å². The number of benzene rings is 1. The number of aliphatic hydroxyl groups is 1. The van der Waals surface area contributed by atoms with Crippen molar-refractivity contribution in [2.75, 3.05) is 0 Å². The number of hydrazone groups is 1. The molecule has 0 spiro atoms. The topological polar surface area (TPSA) is 52.9 Å². The summed E-state index contributed by atoms with van der Waals surface area (Å²) >= 11 is 3.13. The maximum atomic E-state index is 13.0. The molecule has 1 aliphatic heterocycles. The van der Waals surface area contributed by atoms with Crippen LogP contribution in [0.5, 0.6) is 0 Å². The highest BCUT2D eigenvalue weighted by molar-refractivity contribution is 9.10.